The van der Waals surface area contributed by atoms with Gasteiger partial charge in [0.1, 0.15) is 17.6 Å². The number of aryl methyl sites for hydroxylation is 1. The van der Waals surface area contributed by atoms with Gasteiger partial charge in [-0.25, -0.2) is 4.39 Å². The summed E-state index contributed by atoms with van der Waals surface area (Å²) in [4.78, 5) is 14.4. The lowest BCUT2D eigenvalue weighted by atomic mass is 10.2. The second-order valence-corrected chi connectivity index (χ2v) is 7.55. The zero-order chi connectivity index (χ0) is 21.8. The summed E-state index contributed by atoms with van der Waals surface area (Å²) in [7, 11) is 0. The Bertz CT molecular complexity index is 1310. The Morgan fingerprint density at radius 1 is 1.10 bits per heavy atom. The van der Waals surface area contributed by atoms with Crippen LogP contribution in [0.15, 0.2) is 76.5 Å². The molecular weight excluding hydrogens is 415 g/mol. The van der Waals surface area contributed by atoms with Gasteiger partial charge in [0, 0.05) is 15.5 Å². The zero-order valence-corrected chi connectivity index (χ0v) is 17.1. The highest BCUT2D eigenvalue weighted by Crippen LogP contribution is 2.33. The van der Waals surface area contributed by atoms with E-state index in [4.69, 9.17) is 0 Å². The smallest absolute Gasteiger partial charge is 0.256 e. The Morgan fingerprint density at radius 3 is 2.58 bits per heavy atom. The molecule has 4 aromatic rings. The maximum Gasteiger partial charge on any atom is 0.256 e. The fraction of sp³-hybridized carbons (Fsp3) is 0.0455. The third-order valence-electron chi connectivity index (χ3n) is 4.42. The highest BCUT2D eigenvalue weighted by atomic mass is 32.2. The number of nitrogens with one attached hydrogen (secondary N) is 1. The minimum Gasteiger partial charge on any atom is -0.322 e. The molecule has 9 heteroatoms. The van der Waals surface area contributed by atoms with Crippen LogP contribution in [0.4, 0.5) is 10.1 Å². The van der Waals surface area contributed by atoms with Crippen LogP contribution in [0, 0.1) is 24.1 Å². The summed E-state index contributed by atoms with van der Waals surface area (Å²) in [5, 5.41) is 23.2. The van der Waals surface area contributed by atoms with Gasteiger partial charge in [-0.2, -0.15) is 9.94 Å². The first-order valence-corrected chi connectivity index (χ1v) is 10.0. The fourth-order valence-electron chi connectivity index (χ4n) is 2.92. The van der Waals surface area contributed by atoms with E-state index in [9.17, 15) is 14.4 Å². The van der Waals surface area contributed by atoms with Gasteiger partial charge in [0.25, 0.3) is 5.91 Å². The zero-order valence-electron chi connectivity index (χ0n) is 16.3. The highest BCUT2D eigenvalue weighted by Gasteiger charge is 2.16. The normalized spacial score (nSPS) is 10.5. The van der Waals surface area contributed by atoms with Crippen LogP contribution in [0.1, 0.15) is 21.7 Å². The Kier molecular flexibility index (Phi) is 5.73. The Balaban J connectivity index is 1.62. The summed E-state index contributed by atoms with van der Waals surface area (Å²) in [6, 6.07) is 20.6. The van der Waals surface area contributed by atoms with E-state index in [0.717, 1.165) is 4.90 Å². The predicted molar refractivity (Wildman–Crippen MR) is 114 cm³/mol. The van der Waals surface area contributed by atoms with Gasteiger partial charge in [0.15, 0.2) is 5.82 Å². The SMILES string of the molecule is Cc1nnnn1-c1cc(NC(=O)c2ccccc2Sc2ccccc2C#N)ccc1F. The third-order valence-corrected chi connectivity index (χ3v) is 5.57. The van der Waals surface area contributed by atoms with E-state index in [1.165, 1.54) is 34.6 Å². The number of benzene rings is 3. The second kappa shape index (κ2) is 8.77. The summed E-state index contributed by atoms with van der Waals surface area (Å²) in [6.45, 7) is 1.65. The van der Waals surface area contributed by atoms with E-state index in [0.29, 0.717) is 27.5 Å². The van der Waals surface area contributed by atoms with Crippen molar-refractivity contribution in [2.75, 3.05) is 5.32 Å². The van der Waals surface area contributed by atoms with Crippen LogP contribution in [-0.4, -0.2) is 26.1 Å². The maximum atomic E-state index is 14.3. The van der Waals surface area contributed by atoms with Crippen LogP contribution >= 0.6 is 11.8 Å². The molecule has 1 N–H and O–H groups in total. The molecule has 3 aromatic carbocycles. The molecule has 0 fully saturated rings. The number of nitrogens with zero attached hydrogens (tertiary/aromatic N) is 5. The Morgan fingerprint density at radius 2 is 1.84 bits per heavy atom. The van der Waals surface area contributed by atoms with Crippen molar-refractivity contribution >= 4 is 23.4 Å². The Labute approximate surface area is 181 Å². The number of nitriles is 1. The number of anilines is 1. The van der Waals surface area contributed by atoms with Gasteiger partial charge in [0.2, 0.25) is 0 Å². The lowest BCUT2D eigenvalue weighted by molar-refractivity contribution is 0.102. The molecule has 7 nitrogen and oxygen atoms in total. The third kappa shape index (κ3) is 4.29. The van der Waals surface area contributed by atoms with Crippen molar-refractivity contribution < 1.29 is 9.18 Å². The van der Waals surface area contributed by atoms with Crippen molar-refractivity contribution in [3.63, 3.8) is 0 Å². The van der Waals surface area contributed by atoms with Crippen molar-refractivity contribution in [1.82, 2.24) is 20.2 Å². The number of carbonyl (C=O) groups excluding carboxylic acids is 1. The van der Waals surface area contributed by atoms with Crippen LogP contribution in [0.3, 0.4) is 0 Å². The molecule has 152 valence electrons. The molecule has 1 amide bonds. The first-order chi connectivity index (χ1) is 15.1. The lowest BCUT2D eigenvalue weighted by Crippen LogP contribution is -2.14. The number of halogens is 1. The quantitative estimate of drug-likeness (QED) is 0.505. The molecule has 0 aliphatic rings. The molecule has 0 unspecified atom stereocenters. The average molecular weight is 430 g/mol. The van der Waals surface area contributed by atoms with E-state index >= 15 is 0 Å². The largest absolute Gasteiger partial charge is 0.322 e. The molecule has 0 aliphatic carbocycles. The molecule has 0 saturated carbocycles. The van der Waals surface area contributed by atoms with Crippen molar-refractivity contribution in [1.29, 1.82) is 5.26 Å². The van der Waals surface area contributed by atoms with Gasteiger partial charge < -0.3 is 5.32 Å². The van der Waals surface area contributed by atoms with Gasteiger partial charge in [0.05, 0.1) is 11.1 Å². The van der Waals surface area contributed by atoms with Crippen molar-refractivity contribution in [2.45, 2.75) is 16.7 Å². The number of carbonyl (C=O) groups is 1. The van der Waals surface area contributed by atoms with Crippen LogP contribution in [0.25, 0.3) is 5.69 Å². The summed E-state index contributed by atoms with van der Waals surface area (Å²) in [6.07, 6.45) is 0. The van der Waals surface area contributed by atoms with Crippen molar-refractivity contribution in [3.05, 3.63) is 89.5 Å². The van der Waals surface area contributed by atoms with E-state index in [-0.39, 0.29) is 11.6 Å². The molecule has 31 heavy (non-hydrogen) atoms. The molecule has 0 radical (unpaired) electrons. The molecule has 1 heterocycles. The van der Waals surface area contributed by atoms with Crippen molar-refractivity contribution in [3.8, 4) is 11.8 Å². The maximum absolute atomic E-state index is 14.3. The number of rotatable bonds is 5. The monoisotopic (exact) mass is 430 g/mol. The predicted octanol–water partition coefficient (Wildman–Crippen LogP) is 4.39. The van der Waals surface area contributed by atoms with E-state index in [1.54, 1.807) is 31.2 Å². The van der Waals surface area contributed by atoms with Gasteiger partial charge in [-0.1, -0.05) is 36.0 Å². The number of amides is 1. The van der Waals surface area contributed by atoms with Gasteiger partial charge >= 0.3 is 0 Å². The minimum absolute atomic E-state index is 0.130. The topological polar surface area (TPSA) is 96.5 Å². The van der Waals surface area contributed by atoms with E-state index in [1.807, 2.05) is 24.3 Å². The van der Waals surface area contributed by atoms with Gasteiger partial charge in [-0.15, -0.1) is 5.10 Å². The number of aromatic nitrogens is 4. The van der Waals surface area contributed by atoms with E-state index in [2.05, 4.69) is 26.9 Å². The molecule has 0 spiro atoms. The van der Waals surface area contributed by atoms with Crippen molar-refractivity contribution in [2.24, 2.45) is 0 Å². The highest BCUT2D eigenvalue weighted by molar-refractivity contribution is 7.99. The van der Waals surface area contributed by atoms with Crippen LogP contribution in [0.5, 0.6) is 0 Å². The minimum atomic E-state index is -0.516. The van der Waals surface area contributed by atoms with E-state index < -0.39 is 5.82 Å². The lowest BCUT2D eigenvalue weighted by Gasteiger charge is -2.12. The summed E-state index contributed by atoms with van der Waals surface area (Å²) in [5.41, 5.74) is 1.49. The average Bonchev–Trinajstić information content (AvgIpc) is 3.21. The van der Waals surface area contributed by atoms with Crippen LogP contribution < -0.4 is 5.32 Å². The molecule has 4 rings (SSSR count). The van der Waals surface area contributed by atoms with Crippen LogP contribution in [-0.2, 0) is 0 Å². The summed E-state index contributed by atoms with van der Waals surface area (Å²) < 4.78 is 15.5. The molecule has 0 saturated heterocycles. The second-order valence-electron chi connectivity index (χ2n) is 6.46. The summed E-state index contributed by atoms with van der Waals surface area (Å²) in [5.74, 6) is -0.457. The molecule has 0 bridgehead atoms. The molecule has 0 atom stereocenters. The number of hydrogen-bond donors (Lipinski definition) is 1. The first kappa shape index (κ1) is 20.3. The van der Waals surface area contributed by atoms with Gasteiger partial charge in [-0.05, 0) is 59.8 Å². The number of tetrazole rings is 1. The summed E-state index contributed by atoms with van der Waals surface area (Å²) >= 11 is 1.34. The number of hydrogen-bond acceptors (Lipinski definition) is 6. The molecule has 1 aromatic heterocycles. The van der Waals surface area contributed by atoms with Gasteiger partial charge in [-0.3, -0.25) is 4.79 Å². The molecular formula is C22H15FN6OS. The molecule has 0 aliphatic heterocycles. The Hall–Kier alpha value is -4.03. The first-order valence-electron chi connectivity index (χ1n) is 9.19. The fourth-order valence-corrected chi connectivity index (χ4v) is 3.94. The standard InChI is InChI=1S/C22H15FN6OS/c1-14-26-27-28-29(14)19-12-16(10-11-18(19)23)25-22(30)17-7-3-5-9-21(17)31-20-8-4-2-6-15(20)13-24/h2-12H,1H3,(H,25,30). The van der Waals surface area contributed by atoms with Crippen LogP contribution in [0.2, 0.25) is 0 Å².